The number of aromatic amines is 1. The van der Waals surface area contributed by atoms with E-state index in [1.54, 1.807) is 0 Å². The molecule has 1 aliphatic rings. The van der Waals surface area contributed by atoms with Gasteiger partial charge in [0.2, 0.25) is 0 Å². The fourth-order valence-electron chi connectivity index (χ4n) is 2.02. The first-order valence-corrected chi connectivity index (χ1v) is 6.31. The fourth-order valence-corrected chi connectivity index (χ4v) is 2.02. The first-order valence-electron chi connectivity index (χ1n) is 6.31. The molecule has 0 spiro atoms. The molecule has 3 N–H and O–H groups in total. The van der Waals surface area contributed by atoms with E-state index in [1.807, 2.05) is 6.92 Å². The molecule has 104 valence electrons. The van der Waals surface area contributed by atoms with Crippen LogP contribution in [0, 0.1) is 0 Å². The number of carbonyl (C=O) groups is 1. The number of nitrogens with zero attached hydrogens (tertiary/aromatic N) is 1. The molecule has 2 atom stereocenters. The molecule has 0 radical (unpaired) electrons. The summed E-state index contributed by atoms with van der Waals surface area (Å²) < 4.78 is 5.36. The summed E-state index contributed by atoms with van der Waals surface area (Å²) in [5, 5.41) is 11.8. The largest absolute Gasteiger partial charge is 0.479 e. The van der Waals surface area contributed by atoms with Crippen molar-refractivity contribution in [2.45, 2.75) is 38.4 Å². The first kappa shape index (κ1) is 13.5. The van der Waals surface area contributed by atoms with Gasteiger partial charge >= 0.3 is 5.97 Å². The van der Waals surface area contributed by atoms with Crippen LogP contribution in [0.25, 0.3) is 0 Å². The Labute approximate surface area is 110 Å². The Morgan fingerprint density at radius 3 is 3.05 bits per heavy atom. The molecular formula is C12H17N3O4. The third kappa shape index (κ3) is 3.54. The predicted molar refractivity (Wildman–Crippen MR) is 68.3 cm³/mol. The van der Waals surface area contributed by atoms with Crippen LogP contribution < -0.4 is 10.9 Å². The van der Waals surface area contributed by atoms with Crippen LogP contribution in [0.3, 0.4) is 0 Å². The third-order valence-electron chi connectivity index (χ3n) is 3.02. The Morgan fingerprint density at radius 2 is 2.42 bits per heavy atom. The van der Waals surface area contributed by atoms with Crippen LogP contribution >= 0.6 is 0 Å². The summed E-state index contributed by atoms with van der Waals surface area (Å²) in [6.45, 7) is 2.35. The Kier molecular flexibility index (Phi) is 4.16. The Balaban J connectivity index is 1.91. The van der Waals surface area contributed by atoms with Crippen LogP contribution in [0.1, 0.15) is 25.6 Å². The SMILES string of the molecule is CCc1nc(NCC2CCC(C(=O)O)O2)cc(=O)[nH]1. The maximum absolute atomic E-state index is 11.4. The second-order valence-corrected chi connectivity index (χ2v) is 4.47. The summed E-state index contributed by atoms with van der Waals surface area (Å²) in [5.74, 6) is 0.179. The predicted octanol–water partition coefficient (Wildman–Crippen LogP) is 0.376. The van der Waals surface area contributed by atoms with Gasteiger partial charge < -0.3 is 20.1 Å². The van der Waals surface area contributed by atoms with Crippen molar-refractivity contribution in [1.29, 1.82) is 0 Å². The number of hydrogen-bond acceptors (Lipinski definition) is 5. The fraction of sp³-hybridized carbons (Fsp3) is 0.583. The molecule has 0 saturated carbocycles. The molecular weight excluding hydrogens is 250 g/mol. The first-order chi connectivity index (χ1) is 9.08. The number of ether oxygens (including phenoxy) is 1. The molecule has 1 aliphatic heterocycles. The lowest BCUT2D eigenvalue weighted by atomic mass is 10.2. The third-order valence-corrected chi connectivity index (χ3v) is 3.02. The second kappa shape index (κ2) is 5.83. The van der Waals surface area contributed by atoms with Crippen molar-refractivity contribution in [3.8, 4) is 0 Å². The summed E-state index contributed by atoms with van der Waals surface area (Å²) in [6, 6.07) is 1.38. The van der Waals surface area contributed by atoms with Gasteiger partial charge in [0.25, 0.3) is 5.56 Å². The summed E-state index contributed by atoms with van der Waals surface area (Å²) in [4.78, 5) is 29.0. The number of aliphatic carboxylic acids is 1. The van der Waals surface area contributed by atoms with Gasteiger partial charge in [-0.15, -0.1) is 0 Å². The second-order valence-electron chi connectivity index (χ2n) is 4.47. The van der Waals surface area contributed by atoms with Crippen LogP contribution in [0.2, 0.25) is 0 Å². The van der Waals surface area contributed by atoms with Crippen molar-refractivity contribution < 1.29 is 14.6 Å². The van der Waals surface area contributed by atoms with Gasteiger partial charge in [0, 0.05) is 19.0 Å². The minimum Gasteiger partial charge on any atom is -0.479 e. The number of carboxylic acids is 1. The Hall–Kier alpha value is -1.89. The van der Waals surface area contributed by atoms with E-state index >= 15 is 0 Å². The zero-order valence-electron chi connectivity index (χ0n) is 10.7. The number of aryl methyl sites for hydroxylation is 1. The lowest BCUT2D eigenvalue weighted by Crippen LogP contribution is -2.25. The van der Waals surface area contributed by atoms with Crippen LogP contribution in [0.15, 0.2) is 10.9 Å². The topological polar surface area (TPSA) is 104 Å². The maximum Gasteiger partial charge on any atom is 0.332 e. The molecule has 2 heterocycles. The standard InChI is InChI=1S/C12H17N3O4/c1-2-9-14-10(5-11(16)15-9)13-6-7-3-4-8(19-7)12(17)18/h5,7-8H,2-4,6H2,1H3,(H,17,18)(H2,13,14,15,16). The van der Waals surface area contributed by atoms with Gasteiger partial charge in [-0.3, -0.25) is 4.79 Å². The quantitative estimate of drug-likeness (QED) is 0.712. The minimum absolute atomic E-state index is 0.160. The summed E-state index contributed by atoms with van der Waals surface area (Å²) in [5.41, 5.74) is -0.204. The number of hydrogen-bond donors (Lipinski definition) is 3. The van der Waals surface area contributed by atoms with Crippen molar-refractivity contribution in [3.63, 3.8) is 0 Å². The smallest absolute Gasteiger partial charge is 0.332 e. The van der Waals surface area contributed by atoms with Gasteiger partial charge in [0.15, 0.2) is 6.10 Å². The molecule has 7 heteroatoms. The average molecular weight is 267 g/mol. The van der Waals surface area contributed by atoms with Gasteiger partial charge in [-0.1, -0.05) is 6.92 Å². The number of nitrogens with one attached hydrogen (secondary N) is 2. The molecule has 1 fully saturated rings. The van der Waals surface area contributed by atoms with Crippen LogP contribution in [-0.2, 0) is 16.0 Å². The van der Waals surface area contributed by atoms with E-state index in [1.165, 1.54) is 6.07 Å². The molecule has 2 unspecified atom stereocenters. The normalized spacial score (nSPS) is 22.4. The highest BCUT2D eigenvalue weighted by Crippen LogP contribution is 2.20. The summed E-state index contributed by atoms with van der Waals surface area (Å²) >= 11 is 0. The van der Waals surface area contributed by atoms with E-state index in [9.17, 15) is 9.59 Å². The van der Waals surface area contributed by atoms with Gasteiger partial charge in [-0.2, -0.15) is 0 Å². The van der Waals surface area contributed by atoms with Crippen molar-refractivity contribution in [1.82, 2.24) is 9.97 Å². The van der Waals surface area contributed by atoms with Gasteiger partial charge in [-0.05, 0) is 12.8 Å². The highest BCUT2D eigenvalue weighted by atomic mass is 16.5. The maximum atomic E-state index is 11.4. The van der Waals surface area contributed by atoms with E-state index in [0.717, 1.165) is 0 Å². The van der Waals surface area contributed by atoms with Gasteiger partial charge in [0.05, 0.1) is 6.10 Å². The van der Waals surface area contributed by atoms with E-state index in [2.05, 4.69) is 15.3 Å². The molecule has 19 heavy (non-hydrogen) atoms. The van der Waals surface area contributed by atoms with Crippen molar-refractivity contribution in [2.24, 2.45) is 0 Å². The summed E-state index contributed by atoms with van der Waals surface area (Å²) in [7, 11) is 0. The van der Waals surface area contributed by atoms with Gasteiger partial charge in [0.1, 0.15) is 11.6 Å². The zero-order valence-corrected chi connectivity index (χ0v) is 10.7. The molecule has 1 saturated heterocycles. The highest BCUT2D eigenvalue weighted by molar-refractivity contribution is 5.72. The van der Waals surface area contributed by atoms with E-state index in [0.29, 0.717) is 37.4 Å². The van der Waals surface area contributed by atoms with E-state index in [-0.39, 0.29) is 11.7 Å². The molecule has 1 aromatic heterocycles. The number of aromatic nitrogens is 2. The van der Waals surface area contributed by atoms with Crippen molar-refractivity contribution in [2.75, 3.05) is 11.9 Å². The molecule has 2 rings (SSSR count). The molecule has 1 aromatic rings. The van der Waals surface area contributed by atoms with E-state index in [4.69, 9.17) is 9.84 Å². The summed E-state index contributed by atoms with van der Waals surface area (Å²) in [6.07, 6.45) is 0.974. The zero-order chi connectivity index (χ0) is 13.8. The van der Waals surface area contributed by atoms with Crippen molar-refractivity contribution in [3.05, 3.63) is 22.2 Å². The number of rotatable bonds is 5. The lowest BCUT2D eigenvalue weighted by Gasteiger charge is -2.12. The van der Waals surface area contributed by atoms with Crippen molar-refractivity contribution >= 4 is 11.8 Å². The molecule has 7 nitrogen and oxygen atoms in total. The average Bonchev–Trinajstić information content (AvgIpc) is 2.84. The van der Waals surface area contributed by atoms with Crippen LogP contribution in [0.4, 0.5) is 5.82 Å². The minimum atomic E-state index is -0.926. The monoisotopic (exact) mass is 267 g/mol. The van der Waals surface area contributed by atoms with Crippen LogP contribution in [-0.4, -0.2) is 39.8 Å². The molecule has 0 bridgehead atoms. The molecule has 0 aromatic carbocycles. The van der Waals surface area contributed by atoms with Crippen LogP contribution in [0.5, 0.6) is 0 Å². The molecule has 0 aliphatic carbocycles. The number of H-pyrrole nitrogens is 1. The molecule has 0 amide bonds. The Bertz CT molecular complexity index is 514. The lowest BCUT2D eigenvalue weighted by molar-refractivity contribution is -0.149. The van der Waals surface area contributed by atoms with E-state index < -0.39 is 12.1 Å². The van der Waals surface area contributed by atoms with Gasteiger partial charge in [-0.25, -0.2) is 9.78 Å². The Morgan fingerprint density at radius 1 is 1.63 bits per heavy atom. The number of carboxylic acid groups (broad SMARTS) is 1. The number of anilines is 1. The highest BCUT2D eigenvalue weighted by Gasteiger charge is 2.30.